The number of amidine groups is 1. The maximum atomic E-state index is 11.9. The summed E-state index contributed by atoms with van der Waals surface area (Å²) >= 11 is 0. The molecule has 1 amide bonds. The van der Waals surface area contributed by atoms with E-state index in [4.69, 9.17) is 9.47 Å². The van der Waals surface area contributed by atoms with Gasteiger partial charge in [0.05, 0.1) is 31.6 Å². The largest absolute Gasteiger partial charge is 0.377 e. The lowest BCUT2D eigenvalue weighted by molar-refractivity contribution is -0.127. The van der Waals surface area contributed by atoms with Gasteiger partial charge in [-0.3, -0.25) is 9.79 Å². The number of hydrogen-bond donors (Lipinski definition) is 1. The Kier molecular flexibility index (Phi) is 4.33. The number of aliphatic imine (C=N–C) groups is 1. The smallest absolute Gasteiger partial charge is 0.240 e. The van der Waals surface area contributed by atoms with Crippen LogP contribution >= 0.6 is 0 Å². The van der Waals surface area contributed by atoms with Crippen molar-refractivity contribution in [2.45, 2.75) is 19.2 Å². The van der Waals surface area contributed by atoms with Gasteiger partial charge in [-0.2, -0.15) is 0 Å². The Balaban J connectivity index is 1.94. The summed E-state index contributed by atoms with van der Waals surface area (Å²) in [5.41, 5.74) is 0. The van der Waals surface area contributed by atoms with Crippen molar-refractivity contribution in [2.75, 3.05) is 33.4 Å². The summed E-state index contributed by atoms with van der Waals surface area (Å²) in [6.45, 7) is 3.96. The van der Waals surface area contributed by atoms with Crippen molar-refractivity contribution in [2.24, 2.45) is 4.99 Å². The van der Waals surface area contributed by atoms with E-state index in [1.165, 1.54) is 0 Å². The molecule has 1 N–H and O–H groups in total. The summed E-state index contributed by atoms with van der Waals surface area (Å²) in [5, 5.41) is 2.91. The Hall–Kier alpha value is -1.40. The summed E-state index contributed by atoms with van der Waals surface area (Å²) in [5.74, 6) is 0.780. The van der Waals surface area contributed by atoms with Crippen LogP contribution in [0.4, 0.5) is 0 Å². The van der Waals surface area contributed by atoms with Crippen LogP contribution in [-0.4, -0.2) is 62.3 Å². The van der Waals surface area contributed by atoms with Crippen LogP contribution in [0, 0.1) is 0 Å². The van der Waals surface area contributed by atoms with Crippen LogP contribution in [0.2, 0.25) is 0 Å². The molecule has 2 aliphatic heterocycles. The van der Waals surface area contributed by atoms with Crippen LogP contribution < -0.4 is 5.32 Å². The Morgan fingerprint density at radius 3 is 3.06 bits per heavy atom. The first-order chi connectivity index (χ1) is 8.70. The normalized spacial score (nSPS) is 24.2. The number of rotatable bonds is 4. The predicted octanol–water partition coefficient (Wildman–Crippen LogP) is -0.236. The number of methoxy groups -OCH3 is 1. The first kappa shape index (κ1) is 13.0. The molecule has 2 heterocycles. The van der Waals surface area contributed by atoms with Crippen LogP contribution in [0.1, 0.15) is 6.92 Å². The maximum absolute atomic E-state index is 11.9. The molecule has 2 aliphatic rings. The summed E-state index contributed by atoms with van der Waals surface area (Å²) < 4.78 is 10.4. The molecule has 1 fully saturated rings. The third-order valence-electron chi connectivity index (χ3n) is 3.01. The second kappa shape index (κ2) is 5.97. The standard InChI is InChI=1S/C12H19N3O3/c1-9-13-5-3-4-12(17-2)15(9)6-11(16)14-10-7-18-8-10/h3-4,10,12H,5-8H2,1-2H3,(H,14,16). The monoisotopic (exact) mass is 253 g/mol. The number of nitrogens with zero attached hydrogens (tertiary/aromatic N) is 2. The van der Waals surface area contributed by atoms with Gasteiger partial charge in [-0.05, 0) is 13.0 Å². The van der Waals surface area contributed by atoms with Crippen molar-refractivity contribution in [1.82, 2.24) is 10.2 Å². The van der Waals surface area contributed by atoms with E-state index in [1.807, 2.05) is 24.0 Å². The van der Waals surface area contributed by atoms with Gasteiger partial charge in [0.15, 0.2) is 0 Å². The first-order valence-electron chi connectivity index (χ1n) is 6.05. The first-order valence-corrected chi connectivity index (χ1v) is 6.05. The van der Waals surface area contributed by atoms with Crippen LogP contribution in [-0.2, 0) is 14.3 Å². The second-order valence-corrected chi connectivity index (χ2v) is 4.37. The molecule has 0 radical (unpaired) electrons. The zero-order valence-corrected chi connectivity index (χ0v) is 10.8. The molecule has 6 nitrogen and oxygen atoms in total. The highest BCUT2D eigenvalue weighted by Gasteiger charge is 2.24. The van der Waals surface area contributed by atoms with Gasteiger partial charge in [0.25, 0.3) is 0 Å². The lowest BCUT2D eigenvalue weighted by atomic mass is 10.2. The molecule has 1 saturated heterocycles. The quantitative estimate of drug-likeness (QED) is 0.703. The molecule has 0 aliphatic carbocycles. The van der Waals surface area contributed by atoms with Gasteiger partial charge < -0.3 is 19.7 Å². The molecule has 0 bridgehead atoms. The van der Waals surface area contributed by atoms with E-state index in [-0.39, 0.29) is 24.7 Å². The Labute approximate surface area is 107 Å². The molecule has 100 valence electrons. The van der Waals surface area contributed by atoms with Crippen LogP contribution in [0.25, 0.3) is 0 Å². The molecule has 6 heteroatoms. The van der Waals surface area contributed by atoms with Gasteiger partial charge in [-0.25, -0.2) is 0 Å². The lowest BCUT2D eigenvalue weighted by Crippen LogP contribution is -2.53. The molecule has 0 aromatic rings. The van der Waals surface area contributed by atoms with Gasteiger partial charge in [-0.15, -0.1) is 0 Å². The number of carbonyl (C=O) groups excluding carboxylic acids is 1. The fraction of sp³-hybridized carbons (Fsp3) is 0.667. The van der Waals surface area contributed by atoms with Crippen molar-refractivity contribution < 1.29 is 14.3 Å². The van der Waals surface area contributed by atoms with Gasteiger partial charge >= 0.3 is 0 Å². The Morgan fingerprint density at radius 1 is 1.67 bits per heavy atom. The van der Waals surface area contributed by atoms with Crippen molar-refractivity contribution in [3.63, 3.8) is 0 Å². The highest BCUT2D eigenvalue weighted by atomic mass is 16.5. The number of amides is 1. The summed E-state index contributed by atoms with van der Waals surface area (Å²) in [4.78, 5) is 18.1. The van der Waals surface area contributed by atoms with E-state index in [9.17, 15) is 4.79 Å². The summed E-state index contributed by atoms with van der Waals surface area (Å²) in [7, 11) is 1.62. The number of ether oxygens (including phenoxy) is 2. The second-order valence-electron chi connectivity index (χ2n) is 4.37. The van der Waals surface area contributed by atoms with Gasteiger partial charge in [0.1, 0.15) is 12.8 Å². The molecule has 0 aromatic heterocycles. The van der Waals surface area contributed by atoms with Gasteiger partial charge in [0, 0.05) is 7.11 Å². The highest BCUT2D eigenvalue weighted by molar-refractivity contribution is 5.87. The predicted molar refractivity (Wildman–Crippen MR) is 67.4 cm³/mol. The van der Waals surface area contributed by atoms with Crippen LogP contribution in [0.15, 0.2) is 17.1 Å². The molecular weight excluding hydrogens is 234 g/mol. The number of nitrogens with one attached hydrogen (secondary N) is 1. The zero-order valence-electron chi connectivity index (χ0n) is 10.8. The highest BCUT2D eigenvalue weighted by Crippen LogP contribution is 2.08. The average Bonchev–Trinajstić information content (AvgIpc) is 2.47. The van der Waals surface area contributed by atoms with E-state index < -0.39 is 0 Å². The molecule has 2 rings (SSSR count). The molecule has 1 atom stereocenters. The molecule has 1 unspecified atom stereocenters. The minimum atomic E-state index is -0.236. The van der Waals surface area contributed by atoms with E-state index in [0.29, 0.717) is 19.8 Å². The van der Waals surface area contributed by atoms with E-state index >= 15 is 0 Å². The summed E-state index contributed by atoms with van der Waals surface area (Å²) in [6.07, 6.45) is 3.62. The van der Waals surface area contributed by atoms with E-state index in [2.05, 4.69) is 10.3 Å². The average molecular weight is 253 g/mol. The zero-order chi connectivity index (χ0) is 13.0. The number of hydrogen-bond acceptors (Lipinski definition) is 5. The van der Waals surface area contributed by atoms with Gasteiger partial charge in [-0.1, -0.05) is 6.08 Å². The van der Waals surface area contributed by atoms with Crippen LogP contribution in [0.3, 0.4) is 0 Å². The molecule has 0 spiro atoms. The third-order valence-corrected chi connectivity index (χ3v) is 3.01. The SMILES string of the molecule is COC1C=CCN=C(C)N1CC(=O)NC1COC1. The van der Waals surface area contributed by atoms with Gasteiger partial charge in [0.2, 0.25) is 5.91 Å². The fourth-order valence-corrected chi connectivity index (χ4v) is 1.90. The molecule has 0 aromatic carbocycles. The van der Waals surface area contributed by atoms with Crippen molar-refractivity contribution in [1.29, 1.82) is 0 Å². The van der Waals surface area contributed by atoms with E-state index in [1.54, 1.807) is 7.11 Å². The minimum absolute atomic E-state index is 0.0322. The molecule has 18 heavy (non-hydrogen) atoms. The lowest BCUT2D eigenvalue weighted by Gasteiger charge is -2.31. The molecular formula is C12H19N3O3. The van der Waals surface area contributed by atoms with Crippen molar-refractivity contribution >= 4 is 11.7 Å². The van der Waals surface area contributed by atoms with Crippen molar-refractivity contribution in [3.8, 4) is 0 Å². The van der Waals surface area contributed by atoms with Crippen LogP contribution in [0.5, 0.6) is 0 Å². The Morgan fingerprint density at radius 2 is 2.44 bits per heavy atom. The number of carbonyl (C=O) groups is 1. The van der Waals surface area contributed by atoms with Crippen molar-refractivity contribution in [3.05, 3.63) is 12.2 Å². The minimum Gasteiger partial charge on any atom is -0.377 e. The maximum Gasteiger partial charge on any atom is 0.240 e. The summed E-state index contributed by atoms with van der Waals surface area (Å²) in [6, 6.07) is 0.151. The molecule has 0 saturated carbocycles. The third kappa shape index (κ3) is 3.08. The topological polar surface area (TPSA) is 63.2 Å². The fourth-order valence-electron chi connectivity index (χ4n) is 1.90. The van der Waals surface area contributed by atoms with E-state index in [0.717, 1.165) is 5.84 Å². The Bertz CT molecular complexity index is 364.